The number of halogens is 2. The van der Waals surface area contributed by atoms with Crippen molar-refractivity contribution in [2.75, 3.05) is 7.11 Å². The van der Waals surface area contributed by atoms with E-state index in [1.807, 2.05) is 0 Å². The lowest BCUT2D eigenvalue weighted by atomic mass is 10.2. The fourth-order valence-corrected chi connectivity index (χ4v) is 2.22. The van der Waals surface area contributed by atoms with Crippen LogP contribution in [0.25, 0.3) is 0 Å². The summed E-state index contributed by atoms with van der Waals surface area (Å²) in [6, 6.07) is 9.56. The molecule has 2 aromatic carbocycles. The van der Waals surface area contributed by atoms with Gasteiger partial charge in [-0.3, -0.25) is 4.79 Å². The smallest absolute Gasteiger partial charge is 0.275 e. The van der Waals surface area contributed by atoms with Crippen molar-refractivity contribution >= 4 is 39.7 Å². The van der Waals surface area contributed by atoms with Gasteiger partial charge in [0, 0.05) is 15.1 Å². The van der Waals surface area contributed by atoms with Crippen LogP contribution in [-0.2, 0) is 0 Å². The largest absolute Gasteiger partial charge is 0.507 e. The molecule has 7 heteroatoms. The molecule has 5 nitrogen and oxygen atoms in total. The van der Waals surface area contributed by atoms with Gasteiger partial charge in [0.15, 0.2) is 0 Å². The first-order valence-corrected chi connectivity index (χ1v) is 7.34. The van der Waals surface area contributed by atoms with E-state index in [2.05, 4.69) is 26.5 Å². The summed E-state index contributed by atoms with van der Waals surface area (Å²) < 4.78 is 5.95. The number of rotatable bonds is 4. The summed E-state index contributed by atoms with van der Waals surface area (Å²) in [5.74, 6) is 0.0124. The molecule has 0 aliphatic rings. The van der Waals surface area contributed by atoms with Gasteiger partial charge in [-0.15, -0.1) is 0 Å². The minimum Gasteiger partial charge on any atom is -0.507 e. The number of phenols is 1. The molecule has 0 spiro atoms. The first-order chi connectivity index (χ1) is 10.5. The highest BCUT2D eigenvalue weighted by Crippen LogP contribution is 2.23. The van der Waals surface area contributed by atoms with Crippen LogP contribution in [0, 0.1) is 0 Å². The molecule has 114 valence electrons. The Morgan fingerprint density at radius 3 is 2.86 bits per heavy atom. The minimum absolute atomic E-state index is 0.0172. The quantitative estimate of drug-likeness (QED) is 0.626. The SMILES string of the molecule is COc1cc(Br)ccc1C(=O)N/N=C/c1cc(Cl)ccc1O. The number of carbonyl (C=O) groups excluding carboxylic acids is 1. The molecule has 0 saturated heterocycles. The zero-order chi connectivity index (χ0) is 16.1. The molecule has 2 rings (SSSR count). The molecule has 2 aromatic rings. The van der Waals surface area contributed by atoms with Gasteiger partial charge in [-0.1, -0.05) is 27.5 Å². The standard InChI is InChI=1S/C15H12BrClN2O3/c1-22-14-7-10(16)2-4-12(14)15(21)19-18-8-9-6-11(17)3-5-13(9)20/h2-8,20H,1H3,(H,19,21)/b18-8+. The Hall–Kier alpha value is -2.05. The highest BCUT2D eigenvalue weighted by molar-refractivity contribution is 9.10. The summed E-state index contributed by atoms with van der Waals surface area (Å²) in [6.45, 7) is 0. The van der Waals surface area contributed by atoms with Gasteiger partial charge >= 0.3 is 0 Å². The lowest BCUT2D eigenvalue weighted by Crippen LogP contribution is -2.18. The molecular formula is C15H12BrClN2O3. The number of methoxy groups -OCH3 is 1. The summed E-state index contributed by atoms with van der Waals surface area (Å²) in [6.07, 6.45) is 1.31. The average molecular weight is 384 g/mol. The molecule has 0 bridgehead atoms. The fourth-order valence-electron chi connectivity index (χ4n) is 1.70. The van der Waals surface area contributed by atoms with Crippen molar-refractivity contribution in [3.05, 3.63) is 57.0 Å². The summed E-state index contributed by atoms with van der Waals surface area (Å²) in [7, 11) is 1.48. The summed E-state index contributed by atoms with van der Waals surface area (Å²) >= 11 is 9.13. The zero-order valence-corrected chi connectivity index (χ0v) is 13.9. The highest BCUT2D eigenvalue weighted by atomic mass is 79.9. The maximum atomic E-state index is 12.1. The Labute approximate surface area is 140 Å². The number of benzene rings is 2. The maximum Gasteiger partial charge on any atom is 0.275 e. The molecule has 2 N–H and O–H groups in total. The minimum atomic E-state index is -0.429. The Kier molecular flexibility index (Phi) is 5.41. The molecule has 0 aromatic heterocycles. The van der Waals surface area contributed by atoms with E-state index in [4.69, 9.17) is 16.3 Å². The summed E-state index contributed by atoms with van der Waals surface area (Å²) in [5.41, 5.74) is 3.11. The van der Waals surface area contributed by atoms with Gasteiger partial charge in [-0.2, -0.15) is 5.10 Å². The van der Waals surface area contributed by atoms with Crippen molar-refractivity contribution in [1.82, 2.24) is 5.43 Å². The number of amides is 1. The summed E-state index contributed by atoms with van der Waals surface area (Å²) in [5, 5.41) is 13.9. The summed E-state index contributed by atoms with van der Waals surface area (Å²) in [4.78, 5) is 12.1. The Morgan fingerprint density at radius 1 is 1.36 bits per heavy atom. The van der Waals surface area contributed by atoms with Crippen molar-refractivity contribution in [3.8, 4) is 11.5 Å². The van der Waals surface area contributed by atoms with E-state index in [9.17, 15) is 9.90 Å². The van der Waals surface area contributed by atoms with Gasteiger partial charge in [0.25, 0.3) is 5.91 Å². The molecule has 0 aliphatic carbocycles. The molecular weight excluding hydrogens is 372 g/mol. The molecule has 0 saturated carbocycles. The third kappa shape index (κ3) is 3.99. The van der Waals surface area contributed by atoms with Gasteiger partial charge in [0.2, 0.25) is 0 Å². The molecule has 1 amide bonds. The second-order valence-corrected chi connectivity index (χ2v) is 5.60. The predicted octanol–water partition coefficient (Wildman–Crippen LogP) is 3.58. The molecule has 0 atom stereocenters. The molecule has 0 aliphatic heterocycles. The van der Waals surface area contributed by atoms with E-state index in [1.165, 1.54) is 25.5 Å². The third-order valence-corrected chi connectivity index (χ3v) is 3.50. The second-order valence-electron chi connectivity index (χ2n) is 4.25. The van der Waals surface area contributed by atoms with E-state index in [-0.39, 0.29) is 5.75 Å². The van der Waals surface area contributed by atoms with Gasteiger partial charge < -0.3 is 9.84 Å². The van der Waals surface area contributed by atoms with Gasteiger partial charge in [0.05, 0.1) is 18.9 Å². The van der Waals surface area contributed by atoms with Crippen LogP contribution in [0.5, 0.6) is 11.5 Å². The monoisotopic (exact) mass is 382 g/mol. The van der Waals surface area contributed by atoms with Crippen LogP contribution in [0.1, 0.15) is 15.9 Å². The molecule has 22 heavy (non-hydrogen) atoms. The van der Waals surface area contributed by atoms with E-state index < -0.39 is 5.91 Å². The average Bonchev–Trinajstić information content (AvgIpc) is 2.50. The van der Waals surface area contributed by atoms with Crippen LogP contribution in [-0.4, -0.2) is 24.3 Å². The molecule has 0 radical (unpaired) electrons. The Bertz CT molecular complexity index is 735. The zero-order valence-electron chi connectivity index (χ0n) is 11.5. The van der Waals surface area contributed by atoms with Crippen LogP contribution in [0.15, 0.2) is 46.0 Å². The van der Waals surface area contributed by atoms with Gasteiger partial charge in [-0.25, -0.2) is 5.43 Å². The van der Waals surface area contributed by atoms with Crippen LogP contribution in [0.4, 0.5) is 0 Å². The van der Waals surface area contributed by atoms with E-state index >= 15 is 0 Å². The first kappa shape index (κ1) is 16.3. The van der Waals surface area contributed by atoms with Gasteiger partial charge in [0.1, 0.15) is 11.5 Å². The molecule has 0 fully saturated rings. The van der Waals surface area contributed by atoms with Crippen molar-refractivity contribution in [1.29, 1.82) is 0 Å². The normalized spacial score (nSPS) is 10.7. The number of aromatic hydroxyl groups is 1. The van der Waals surface area contributed by atoms with Crippen molar-refractivity contribution in [2.45, 2.75) is 0 Å². The predicted molar refractivity (Wildman–Crippen MR) is 88.9 cm³/mol. The molecule has 0 heterocycles. The number of ether oxygens (including phenoxy) is 1. The van der Waals surface area contributed by atoms with Crippen molar-refractivity contribution < 1.29 is 14.6 Å². The Balaban J connectivity index is 2.13. The highest BCUT2D eigenvalue weighted by Gasteiger charge is 2.11. The van der Waals surface area contributed by atoms with E-state index in [0.29, 0.717) is 21.9 Å². The molecule has 0 unspecified atom stereocenters. The second kappa shape index (κ2) is 7.29. The first-order valence-electron chi connectivity index (χ1n) is 6.16. The van der Waals surface area contributed by atoms with E-state index in [1.54, 1.807) is 24.3 Å². The lowest BCUT2D eigenvalue weighted by molar-refractivity contribution is 0.0952. The topological polar surface area (TPSA) is 70.9 Å². The van der Waals surface area contributed by atoms with Crippen LogP contribution < -0.4 is 10.2 Å². The van der Waals surface area contributed by atoms with Crippen LogP contribution in [0.2, 0.25) is 5.02 Å². The van der Waals surface area contributed by atoms with Crippen LogP contribution in [0.3, 0.4) is 0 Å². The number of carbonyl (C=O) groups is 1. The number of hydrazone groups is 1. The van der Waals surface area contributed by atoms with E-state index in [0.717, 1.165) is 4.47 Å². The van der Waals surface area contributed by atoms with Crippen molar-refractivity contribution in [3.63, 3.8) is 0 Å². The maximum absolute atomic E-state index is 12.1. The number of hydrogen-bond donors (Lipinski definition) is 2. The van der Waals surface area contributed by atoms with Gasteiger partial charge in [-0.05, 0) is 36.4 Å². The number of hydrogen-bond acceptors (Lipinski definition) is 4. The lowest BCUT2D eigenvalue weighted by Gasteiger charge is -2.07. The number of phenolic OH excluding ortho intramolecular Hbond substituents is 1. The third-order valence-electron chi connectivity index (χ3n) is 2.77. The van der Waals surface area contributed by atoms with Crippen LogP contribution >= 0.6 is 27.5 Å². The van der Waals surface area contributed by atoms with Crippen molar-refractivity contribution in [2.24, 2.45) is 5.10 Å². The number of nitrogens with zero attached hydrogens (tertiary/aromatic N) is 1. The Morgan fingerprint density at radius 2 is 2.14 bits per heavy atom. The fraction of sp³-hybridized carbons (Fsp3) is 0.0667. The number of nitrogens with one attached hydrogen (secondary N) is 1.